The van der Waals surface area contributed by atoms with Crippen LogP contribution in [0.5, 0.6) is 5.75 Å². The van der Waals surface area contributed by atoms with Crippen molar-refractivity contribution in [1.82, 2.24) is 14.6 Å². The van der Waals surface area contributed by atoms with Gasteiger partial charge >= 0.3 is 0 Å². The average molecular weight is 310 g/mol. The van der Waals surface area contributed by atoms with E-state index in [4.69, 9.17) is 4.74 Å². The third-order valence-corrected chi connectivity index (χ3v) is 3.52. The van der Waals surface area contributed by atoms with Gasteiger partial charge in [0.15, 0.2) is 5.65 Å². The molecule has 0 aliphatic heterocycles. The van der Waals surface area contributed by atoms with Crippen LogP contribution in [-0.2, 0) is 11.2 Å². The molecule has 0 spiro atoms. The van der Waals surface area contributed by atoms with E-state index in [1.165, 1.54) is 0 Å². The molecular weight excluding hydrogens is 292 g/mol. The number of carbonyl (C=O) groups is 1. The van der Waals surface area contributed by atoms with Gasteiger partial charge in [-0.25, -0.2) is 9.50 Å². The van der Waals surface area contributed by atoms with Gasteiger partial charge in [-0.15, -0.1) is 0 Å². The van der Waals surface area contributed by atoms with Gasteiger partial charge in [0.25, 0.3) is 0 Å². The third kappa shape index (κ3) is 3.66. The molecule has 2 aromatic heterocycles. The van der Waals surface area contributed by atoms with Gasteiger partial charge < -0.3 is 10.1 Å². The molecule has 0 saturated carbocycles. The van der Waals surface area contributed by atoms with Gasteiger partial charge in [0, 0.05) is 12.5 Å². The molecule has 118 valence electrons. The Balaban J connectivity index is 1.59. The number of hydrogen-bond donors (Lipinski definition) is 1. The molecular formula is C17H18N4O2. The lowest BCUT2D eigenvalue weighted by Crippen LogP contribution is -2.13. The summed E-state index contributed by atoms with van der Waals surface area (Å²) in [4.78, 5) is 16.3. The molecule has 6 heteroatoms. The minimum Gasteiger partial charge on any atom is -0.497 e. The summed E-state index contributed by atoms with van der Waals surface area (Å²) in [5.41, 5.74) is 3.39. The van der Waals surface area contributed by atoms with Crippen molar-refractivity contribution in [2.24, 2.45) is 0 Å². The first-order chi connectivity index (χ1) is 11.1. The minimum atomic E-state index is -0.0501. The Morgan fingerprint density at radius 2 is 2.09 bits per heavy atom. The first-order valence-electron chi connectivity index (χ1n) is 7.39. The first kappa shape index (κ1) is 15.0. The molecule has 0 aliphatic rings. The Kier molecular flexibility index (Phi) is 4.23. The lowest BCUT2D eigenvalue weighted by atomic mass is 10.1. The number of anilines is 1. The zero-order valence-corrected chi connectivity index (χ0v) is 13.1. The highest BCUT2D eigenvalue weighted by Crippen LogP contribution is 2.13. The zero-order valence-electron chi connectivity index (χ0n) is 13.1. The highest BCUT2D eigenvalue weighted by atomic mass is 16.5. The normalized spacial score (nSPS) is 10.7. The number of aryl methyl sites for hydroxylation is 2. The summed E-state index contributed by atoms with van der Waals surface area (Å²) in [7, 11) is 1.63. The molecule has 0 aliphatic carbocycles. The van der Waals surface area contributed by atoms with Crippen molar-refractivity contribution >= 4 is 17.2 Å². The van der Waals surface area contributed by atoms with Crippen LogP contribution in [0.15, 0.2) is 42.7 Å². The molecule has 6 nitrogen and oxygen atoms in total. The predicted molar refractivity (Wildman–Crippen MR) is 87.7 cm³/mol. The molecule has 23 heavy (non-hydrogen) atoms. The second-order valence-corrected chi connectivity index (χ2v) is 5.33. The molecule has 0 radical (unpaired) electrons. The van der Waals surface area contributed by atoms with Crippen LogP contribution in [0.2, 0.25) is 0 Å². The molecule has 2 heterocycles. The number of benzene rings is 1. The number of nitrogens with one attached hydrogen (secondary N) is 1. The van der Waals surface area contributed by atoms with Gasteiger partial charge in [0.05, 0.1) is 30.9 Å². The molecule has 0 saturated heterocycles. The number of amides is 1. The fourth-order valence-corrected chi connectivity index (χ4v) is 2.33. The van der Waals surface area contributed by atoms with Crippen LogP contribution in [-0.4, -0.2) is 27.6 Å². The molecule has 0 fully saturated rings. The van der Waals surface area contributed by atoms with E-state index in [1.807, 2.05) is 37.3 Å². The summed E-state index contributed by atoms with van der Waals surface area (Å²) in [5, 5.41) is 7.13. The second kappa shape index (κ2) is 6.48. The standard InChI is InChI=1S/C17H18N4O2/c1-12-9-16-18-10-14(11-21(16)20-12)19-17(22)8-5-13-3-6-15(23-2)7-4-13/h3-4,6-7,9-11H,5,8H2,1-2H3,(H,19,22). The van der Waals surface area contributed by atoms with Crippen LogP contribution in [0, 0.1) is 6.92 Å². The van der Waals surface area contributed by atoms with Crippen LogP contribution < -0.4 is 10.1 Å². The summed E-state index contributed by atoms with van der Waals surface area (Å²) < 4.78 is 6.78. The highest BCUT2D eigenvalue weighted by Gasteiger charge is 2.06. The quantitative estimate of drug-likeness (QED) is 0.786. The van der Waals surface area contributed by atoms with E-state index < -0.39 is 0 Å². The average Bonchev–Trinajstić information content (AvgIpc) is 2.92. The van der Waals surface area contributed by atoms with Gasteiger partial charge in [-0.2, -0.15) is 5.10 Å². The Bertz CT molecular complexity index is 824. The van der Waals surface area contributed by atoms with Crippen molar-refractivity contribution in [2.45, 2.75) is 19.8 Å². The van der Waals surface area contributed by atoms with Crippen LogP contribution >= 0.6 is 0 Å². The lowest BCUT2D eigenvalue weighted by Gasteiger charge is -2.06. The smallest absolute Gasteiger partial charge is 0.224 e. The third-order valence-electron chi connectivity index (χ3n) is 3.52. The molecule has 1 N–H and O–H groups in total. The van der Waals surface area contributed by atoms with E-state index in [0.29, 0.717) is 18.5 Å². The van der Waals surface area contributed by atoms with Crippen LogP contribution in [0.4, 0.5) is 5.69 Å². The van der Waals surface area contributed by atoms with E-state index >= 15 is 0 Å². The highest BCUT2D eigenvalue weighted by molar-refractivity contribution is 5.90. The number of ether oxygens (including phenoxy) is 1. The lowest BCUT2D eigenvalue weighted by molar-refractivity contribution is -0.116. The van der Waals surface area contributed by atoms with E-state index in [9.17, 15) is 4.79 Å². The number of hydrogen-bond acceptors (Lipinski definition) is 4. The van der Waals surface area contributed by atoms with Crippen LogP contribution in [0.3, 0.4) is 0 Å². The van der Waals surface area contributed by atoms with Gasteiger partial charge in [-0.05, 0) is 31.0 Å². The fraction of sp³-hybridized carbons (Fsp3) is 0.235. The Labute approximate surface area is 134 Å². The maximum atomic E-state index is 12.1. The van der Waals surface area contributed by atoms with Gasteiger partial charge in [0.2, 0.25) is 5.91 Å². The van der Waals surface area contributed by atoms with Crippen molar-refractivity contribution in [1.29, 1.82) is 0 Å². The second-order valence-electron chi connectivity index (χ2n) is 5.33. The van der Waals surface area contributed by atoms with E-state index in [2.05, 4.69) is 15.4 Å². The number of rotatable bonds is 5. The minimum absolute atomic E-state index is 0.0501. The molecule has 3 rings (SSSR count). The SMILES string of the molecule is COc1ccc(CCC(=O)Nc2cnc3cc(C)nn3c2)cc1. The molecule has 3 aromatic rings. The molecule has 1 amide bonds. The first-order valence-corrected chi connectivity index (χ1v) is 7.39. The van der Waals surface area contributed by atoms with Crippen molar-refractivity contribution < 1.29 is 9.53 Å². The van der Waals surface area contributed by atoms with Crippen LogP contribution in [0.25, 0.3) is 5.65 Å². The predicted octanol–water partition coefficient (Wildman–Crippen LogP) is 2.62. The van der Waals surface area contributed by atoms with Crippen LogP contribution in [0.1, 0.15) is 17.7 Å². The van der Waals surface area contributed by atoms with E-state index in [1.54, 1.807) is 24.0 Å². The summed E-state index contributed by atoms with van der Waals surface area (Å²) >= 11 is 0. The summed E-state index contributed by atoms with van der Waals surface area (Å²) in [6.45, 7) is 1.90. The van der Waals surface area contributed by atoms with Gasteiger partial charge in [0.1, 0.15) is 5.75 Å². The maximum absolute atomic E-state index is 12.1. The molecule has 0 atom stereocenters. The summed E-state index contributed by atoms with van der Waals surface area (Å²) in [6.07, 6.45) is 4.48. The monoisotopic (exact) mass is 310 g/mol. The number of nitrogens with zero attached hydrogens (tertiary/aromatic N) is 3. The van der Waals surface area contributed by atoms with Crippen molar-refractivity contribution in [2.75, 3.05) is 12.4 Å². The van der Waals surface area contributed by atoms with Crippen molar-refractivity contribution in [3.05, 3.63) is 54.0 Å². The number of fused-ring (bicyclic) bond motifs is 1. The van der Waals surface area contributed by atoms with Crippen molar-refractivity contribution in [3.63, 3.8) is 0 Å². The number of aromatic nitrogens is 3. The maximum Gasteiger partial charge on any atom is 0.224 e. The van der Waals surface area contributed by atoms with Crippen molar-refractivity contribution in [3.8, 4) is 5.75 Å². The number of carbonyl (C=O) groups excluding carboxylic acids is 1. The molecule has 0 bridgehead atoms. The summed E-state index contributed by atoms with van der Waals surface area (Å²) in [5.74, 6) is 0.762. The zero-order chi connectivity index (χ0) is 16.2. The summed E-state index contributed by atoms with van der Waals surface area (Å²) in [6, 6.07) is 9.60. The van der Waals surface area contributed by atoms with E-state index in [0.717, 1.165) is 22.7 Å². The fourth-order valence-electron chi connectivity index (χ4n) is 2.33. The Morgan fingerprint density at radius 3 is 2.83 bits per heavy atom. The Hall–Kier alpha value is -2.89. The van der Waals surface area contributed by atoms with Gasteiger partial charge in [-0.3, -0.25) is 4.79 Å². The van der Waals surface area contributed by atoms with E-state index in [-0.39, 0.29) is 5.91 Å². The topological polar surface area (TPSA) is 68.5 Å². The number of methoxy groups -OCH3 is 1. The molecule has 1 aromatic carbocycles. The Morgan fingerprint density at radius 1 is 1.30 bits per heavy atom. The molecule has 0 unspecified atom stereocenters. The largest absolute Gasteiger partial charge is 0.497 e. The van der Waals surface area contributed by atoms with Gasteiger partial charge in [-0.1, -0.05) is 12.1 Å².